The van der Waals surface area contributed by atoms with Gasteiger partial charge in [0.15, 0.2) is 0 Å². The van der Waals surface area contributed by atoms with Crippen LogP contribution in [0.4, 0.5) is 10.5 Å². The Morgan fingerprint density at radius 3 is 2.24 bits per heavy atom. The van der Waals surface area contributed by atoms with Crippen molar-refractivity contribution in [1.82, 2.24) is 14.7 Å². The Labute approximate surface area is 216 Å². The monoisotopic (exact) mass is 590 g/mol. The van der Waals surface area contributed by atoms with E-state index >= 15 is 0 Å². The maximum Gasteiger partial charge on any atom is 0.322 e. The first-order valence-electron chi connectivity index (χ1n) is 11.8. The first-order chi connectivity index (χ1) is 16.4. The second kappa shape index (κ2) is 9.87. The SMILES string of the molecule is O=C(c1cc(Br)c(O)c(Br)c1)N1CCC(N2CCC(N3Cc4ccccc4NC3=O)CC2)CC1. The zero-order chi connectivity index (χ0) is 23.8. The number of phenolic OH excluding ortho intramolecular Hbond substituents is 1. The number of amides is 3. The van der Waals surface area contributed by atoms with Crippen LogP contribution in [0.1, 0.15) is 41.6 Å². The molecule has 0 radical (unpaired) electrons. The number of rotatable bonds is 3. The van der Waals surface area contributed by atoms with Gasteiger partial charge in [0.05, 0.1) is 8.95 Å². The molecule has 0 spiro atoms. The molecule has 2 aromatic carbocycles. The van der Waals surface area contributed by atoms with Crippen LogP contribution in [-0.2, 0) is 6.54 Å². The average molecular weight is 592 g/mol. The molecule has 9 heteroatoms. The van der Waals surface area contributed by atoms with Gasteiger partial charge >= 0.3 is 6.03 Å². The number of phenols is 1. The minimum Gasteiger partial charge on any atom is -0.506 e. The highest BCUT2D eigenvalue weighted by atomic mass is 79.9. The van der Waals surface area contributed by atoms with E-state index in [1.807, 2.05) is 28.0 Å². The van der Waals surface area contributed by atoms with Crippen molar-refractivity contribution in [1.29, 1.82) is 0 Å². The van der Waals surface area contributed by atoms with Crippen LogP contribution >= 0.6 is 31.9 Å². The largest absolute Gasteiger partial charge is 0.506 e. The van der Waals surface area contributed by atoms with Gasteiger partial charge in [0.25, 0.3) is 5.91 Å². The number of hydrogen-bond donors (Lipinski definition) is 2. The zero-order valence-corrected chi connectivity index (χ0v) is 22.0. The van der Waals surface area contributed by atoms with E-state index < -0.39 is 0 Å². The number of nitrogens with zero attached hydrogens (tertiary/aromatic N) is 3. The van der Waals surface area contributed by atoms with E-state index in [0.29, 0.717) is 27.1 Å². The Kier molecular flexibility index (Phi) is 6.86. The van der Waals surface area contributed by atoms with Crippen molar-refractivity contribution in [2.45, 2.75) is 44.3 Å². The lowest BCUT2D eigenvalue weighted by Gasteiger charge is -2.44. The summed E-state index contributed by atoms with van der Waals surface area (Å²) < 4.78 is 1.02. The molecule has 3 aliphatic rings. The number of carbonyl (C=O) groups excluding carboxylic acids is 2. The molecule has 0 bridgehead atoms. The molecule has 2 saturated heterocycles. The molecule has 2 fully saturated rings. The summed E-state index contributed by atoms with van der Waals surface area (Å²) in [5, 5.41) is 12.9. The maximum absolute atomic E-state index is 13.0. The fourth-order valence-electron chi connectivity index (χ4n) is 5.39. The lowest BCUT2D eigenvalue weighted by molar-refractivity contribution is 0.0505. The van der Waals surface area contributed by atoms with Crippen molar-refractivity contribution in [3.63, 3.8) is 0 Å². The van der Waals surface area contributed by atoms with E-state index in [2.05, 4.69) is 48.1 Å². The molecule has 0 atom stereocenters. The van der Waals surface area contributed by atoms with Crippen molar-refractivity contribution < 1.29 is 14.7 Å². The summed E-state index contributed by atoms with van der Waals surface area (Å²) in [7, 11) is 0. The van der Waals surface area contributed by atoms with Gasteiger partial charge in [-0.2, -0.15) is 0 Å². The summed E-state index contributed by atoms with van der Waals surface area (Å²) in [4.78, 5) is 32.1. The smallest absolute Gasteiger partial charge is 0.322 e. The van der Waals surface area contributed by atoms with Gasteiger partial charge in [0.1, 0.15) is 5.75 Å². The van der Waals surface area contributed by atoms with E-state index in [4.69, 9.17) is 0 Å². The third-order valence-corrected chi connectivity index (χ3v) is 8.54. The van der Waals surface area contributed by atoms with Crippen LogP contribution in [0.25, 0.3) is 0 Å². The van der Waals surface area contributed by atoms with Crippen LogP contribution in [0.5, 0.6) is 5.75 Å². The van der Waals surface area contributed by atoms with Crippen LogP contribution in [0.15, 0.2) is 45.3 Å². The number of benzene rings is 2. The number of urea groups is 1. The molecule has 7 nitrogen and oxygen atoms in total. The fourth-order valence-corrected chi connectivity index (χ4v) is 6.57. The molecular formula is C25H28Br2N4O3. The van der Waals surface area contributed by atoms with E-state index in [0.717, 1.165) is 57.5 Å². The van der Waals surface area contributed by atoms with Crippen molar-refractivity contribution in [2.24, 2.45) is 0 Å². The lowest BCUT2D eigenvalue weighted by Crippen LogP contribution is -2.53. The Morgan fingerprint density at radius 1 is 0.941 bits per heavy atom. The van der Waals surface area contributed by atoms with E-state index in [1.165, 1.54) is 5.56 Å². The van der Waals surface area contributed by atoms with E-state index in [-0.39, 0.29) is 23.7 Å². The van der Waals surface area contributed by atoms with Gasteiger partial charge in [0, 0.05) is 56.1 Å². The number of nitrogens with one attached hydrogen (secondary N) is 1. The van der Waals surface area contributed by atoms with Crippen LogP contribution < -0.4 is 5.32 Å². The number of piperidine rings is 2. The Bertz CT molecular complexity index is 1070. The molecule has 3 heterocycles. The summed E-state index contributed by atoms with van der Waals surface area (Å²) in [5.41, 5.74) is 2.67. The van der Waals surface area contributed by atoms with Crippen LogP contribution in [0, 0.1) is 0 Å². The van der Waals surface area contributed by atoms with Crippen molar-refractivity contribution in [2.75, 3.05) is 31.5 Å². The molecule has 3 aliphatic heterocycles. The topological polar surface area (TPSA) is 76.1 Å². The predicted molar refractivity (Wildman–Crippen MR) is 138 cm³/mol. The molecule has 5 rings (SSSR count). The molecule has 0 saturated carbocycles. The molecule has 0 aliphatic carbocycles. The molecule has 0 unspecified atom stereocenters. The van der Waals surface area contributed by atoms with Crippen LogP contribution in [0.2, 0.25) is 0 Å². The van der Waals surface area contributed by atoms with Gasteiger partial charge in [-0.1, -0.05) is 18.2 Å². The molecule has 3 amide bonds. The second-order valence-corrected chi connectivity index (χ2v) is 11.0. The van der Waals surface area contributed by atoms with Crippen LogP contribution in [-0.4, -0.2) is 70.0 Å². The minimum atomic E-state index is -0.00468. The van der Waals surface area contributed by atoms with Gasteiger partial charge < -0.3 is 25.1 Å². The first kappa shape index (κ1) is 23.6. The highest BCUT2D eigenvalue weighted by Crippen LogP contribution is 2.34. The number of aromatic hydroxyl groups is 1. The highest BCUT2D eigenvalue weighted by Gasteiger charge is 2.34. The normalized spacial score (nSPS) is 20.2. The summed E-state index contributed by atoms with van der Waals surface area (Å²) in [5.74, 6) is 0.0971. The zero-order valence-electron chi connectivity index (χ0n) is 18.8. The summed E-state index contributed by atoms with van der Waals surface area (Å²) in [6.45, 7) is 4.09. The first-order valence-corrected chi connectivity index (χ1v) is 13.4. The number of halogens is 2. The van der Waals surface area contributed by atoms with Gasteiger partial charge in [-0.05, 0) is 81.3 Å². The van der Waals surface area contributed by atoms with E-state index in [9.17, 15) is 14.7 Å². The average Bonchev–Trinajstić information content (AvgIpc) is 2.86. The predicted octanol–water partition coefficient (Wildman–Crippen LogP) is 5.03. The fraction of sp³-hybridized carbons (Fsp3) is 0.440. The number of carbonyl (C=O) groups is 2. The number of anilines is 1. The Morgan fingerprint density at radius 2 is 1.56 bits per heavy atom. The molecule has 2 aromatic rings. The van der Waals surface area contributed by atoms with Crippen molar-refractivity contribution in [3.05, 3.63) is 56.5 Å². The number of fused-ring (bicyclic) bond motifs is 1. The van der Waals surface area contributed by atoms with Gasteiger partial charge in [-0.25, -0.2) is 4.79 Å². The second-order valence-electron chi connectivity index (χ2n) is 9.29. The van der Waals surface area contributed by atoms with E-state index in [1.54, 1.807) is 12.1 Å². The molecular weight excluding hydrogens is 564 g/mol. The summed E-state index contributed by atoms with van der Waals surface area (Å²) in [6, 6.07) is 12.1. The molecule has 0 aromatic heterocycles. The van der Waals surface area contributed by atoms with Gasteiger partial charge in [0.2, 0.25) is 0 Å². The summed E-state index contributed by atoms with van der Waals surface area (Å²) in [6.07, 6.45) is 3.86. The minimum absolute atomic E-state index is 0.00468. The third-order valence-electron chi connectivity index (χ3n) is 7.33. The van der Waals surface area contributed by atoms with Gasteiger partial charge in [-0.3, -0.25) is 4.79 Å². The lowest BCUT2D eigenvalue weighted by atomic mass is 9.96. The number of para-hydroxylation sites is 1. The Hall–Kier alpha value is -2.10. The standard InChI is InChI=1S/C25H28Br2N4O3/c26-20-13-17(14-21(27)23(20)32)24(33)30-11-5-18(6-12-30)29-9-7-19(8-10-29)31-15-16-3-1-2-4-22(16)28-25(31)34/h1-4,13-14,18-19,32H,5-12,15H2,(H,28,34). The quantitative estimate of drug-likeness (QED) is 0.525. The number of hydrogen-bond acceptors (Lipinski definition) is 4. The maximum atomic E-state index is 13.0. The summed E-state index contributed by atoms with van der Waals surface area (Å²) >= 11 is 6.62. The molecule has 180 valence electrons. The number of likely N-dealkylation sites (tertiary alicyclic amines) is 2. The van der Waals surface area contributed by atoms with Crippen LogP contribution in [0.3, 0.4) is 0 Å². The van der Waals surface area contributed by atoms with Crippen molar-refractivity contribution >= 4 is 49.5 Å². The molecule has 2 N–H and O–H groups in total. The highest BCUT2D eigenvalue weighted by molar-refractivity contribution is 9.11. The molecule has 34 heavy (non-hydrogen) atoms. The Balaban J connectivity index is 1.13. The third kappa shape index (κ3) is 4.70. The van der Waals surface area contributed by atoms with Gasteiger partial charge in [-0.15, -0.1) is 0 Å². The van der Waals surface area contributed by atoms with Crippen molar-refractivity contribution in [3.8, 4) is 5.75 Å².